The molecule has 0 spiro atoms. The fourth-order valence-electron chi connectivity index (χ4n) is 2.88. The Labute approximate surface area is 108 Å². The highest BCUT2D eigenvalue weighted by Crippen LogP contribution is 2.22. The molecule has 1 aliphatic rings. The van der Waals surface area contributed by atoms with Crippen molar-refractivity contribution in [2.75, 3.05) is 6.54 Å². The molecule has 2 heterocycles. The van der Waals surface area contributed by atoms with Crippen LogP contribution in [0, 0.1) is 5.92 Å². The molecule has 0 bridgehead atoms. The number of hydrogen-bond donors (Lipinski definition) is 1. The first kappa shape index (κ1) is 11.7. The SMILES string of the molecule is c1cn2cc(CNCC3CCCCC3)ccc2n1. The first-order valence-electron chi connectivity index (χ1n) is 7.04. The van der Waals surface area contributed by atoms with Crippen LogP contribution in [0.15, 0.2) is 30.7 Å². The minimum Gasteiger partial charge on any atom is -0.312 e. The van der Waals surface area contributed by atoms with Crippen LogP contribution in [0.5, 0.6) is 0 Å². The summed E-state index contributed by atoms with van der Waals surface area (Å²) in [5, 5.41) is 3.59. The Morgan fingerprint density at radius 1 is 1.22 bits per heavy atom. The van der Waals surface area contributed by atoms with Gasteiger partial charge < -0.3 is 9.72 Å². The summed E-state index contributed by atoms with van der Waals surface area (Å²) in [7, 11) is 0. The molecule has 96 valence electrons. The average Bonchev–Trinajstić information content (AvgIpc) is 2.87. The van der Waals surface area contributed by atoms with E-state index in [-0.39, 0.29) is 0 Å². The number of fused-ring (bicyclic) bond motifs is 1. The van der Waals surface area contributed by atoms with Gasteiger partial charge in [-0.3, -0.25) is 0 Å². The maximum atomic E-state index is 4.26. The first-order chi connectivity index (χ1) is 8.92. The second kappa shape index (κ2) is 5.53. The van der Waals surface area contributed by atoms with Crippen LogP contribution < -0.4 is 5.32 Å². The monoisotopic (exact) mass is 243 g/mol. The Morgan fingerprint density at radius 2 is 2.11 bits per heavy atom. The van der Waals surface area contributed by atoms with Gasteiger partial charge in [0, 0.05) is 25.1 Å². The topological polar surface area (TPSA) is 29.3 Å². The number of nitrogens with zero attached hydrogens (tertiary/aromatic N) is 2. The van der Waals surface area contributed by atoms with E-state index < -0.39 is 0 Å². The molecule has 0 aliphatic heterocycles. The third-order valence-corrected chi connectivity index (χ3v) is 3.94. The molecule has 1 fully saturated rings. The van der Waals surface area contributed by atoms with E-state index in [9.17, 15) is 0 Å². The van der Waals surface area contributed by atoms with E-state index in [1.54, 1.807) is 0 Å². The summed E-state index contributed by atoms with van der Waals surface area (Å²) in [6.45, 7) is 2.13. The van der Waals surface area contributed by atoms with Crippen molar-refractivity contribution in [3.8, 4) is 0 Å². The highest BCUT2D eigenvalue weighted by atomic mass is 15.0. The van der Waals surface area contributed by atoms with Crippen molar-refractivity contribution in [3.05, 3.63) is 36.3 Å². The Morgan fingerprint density at radius 3 is 3.00 bits per heavy atom. The van der Waals surface area contributed by atoms with Crippen molar-refractivity contribution >= 4 is 5.65 Å². The zero-order valence-electron chi connectivity index (χ0n) is 10.8. The van der Waals surface area contributed by atoms with E-state index in [2.05, 4.69) is 33.0 Å². The van der Waals surface area contributed by atoms with Crippen molar-refractivity contribution in [2.45, 2.75) is 38.6 Å². The Balaban J connectivity index is 1.52. The quantitative estimate of drug-likeness (QED) is 0.894. The lowest BCUT2D eigenvalue weighted by atomic mass is 9.89. The molecule has 18 heavy (non-hydrogen) atoms. The van der Waals surface area contributed by atoms with Crippen LogP contribution in [-0.2, 0) is 6.54 Å². The summed E-state index contributed by atoms with van der Waals surface area (Å²) < 4.78 is 2.08. The maximum Gasteiger partial charge on any atom is 0.136 e. The number of aromatic nitrogens is 2. The van der Waals surface area contributed by atoms with Gasteiger partial charge in [-0.1, -0.05) is 25.3 Å². The van der Waals surface area contributed by atoms with E-state index in [1.165, 1.54) is 44.2 Å². The van der Waals surface area contributed by atoms with Crippen LogP contribution in [-0.4, -0.2) is 15.9 Å². The lowest BCUT2D eigenvalue weighted by Crippen LogP contribution is -2.24. The lowest BCUT2D eigenvalue weighted by Gasteiger charge is -2.21. The van der Waals surface area contributed by atoms with E-state index in [1.807, 2.05) is 12.4 Å². The molecule has 1 N–H and O–H groups in total. The highest BCUT2D eigenvalue weighted by Gasteiger charge is 2.12. The third-order valence-electron chi connectivity index (χ3n) is 3.94. The summed E-state index contributed by atoms with van der Waals surface area (Å²) in [6.07, 6.45) is 13.1. The normalized spacial score (nSPS) is 17.3. The van der Waals surface area contributed by atoms with Gasteiger partial charge in [0.2, 0.25) is 0 Å². The molecule has 0 unspecified atom stereocenters. The molecule has 2 aromatic rings. The summed E-state index contributed by atoms with van der Waals surface area (Å²) in [4.78, 5) is 4.26. The Hall–Kier alpha value is -1.35. The number of imidazole rings is 1. The molecular formula is C15H21N3. The second-order valence-corrected chi connectivity index (χ2v) is 5.36. The van der Waals surface area contributed by atoms with Gasteiger partial charge in [-0.15, -0.1) is 0 Å². The van der Waals surface area contributed by atoms with Gasteiger partial charge in [0.05, 0.1) is 0 Å². The third kappa shape index (κ3) is 2.72. The first-order valence-corrected chi connectivity index (χ1v) is 7.04. The molecule has 1 aliphatic carbocycles. The summed E-state index contributed by atoms with van der Waals surface area (Å²) in [6, 6.07) is 4.24. The fourth-order valence-corrected chi connectivity index (χ4v) is 2.88. The number of pyridine rings is 1. The molecule has 3 rings (SSSR count). The maximum absolute atomic E-state index is 4.26. The molecule has 1 saturated carbocycles. The van der Waals surface area contributed by atoms with Gasteiger partial charge in [0.1, 0.15) is 5.65 Å². The molecule has 0 aromatic carbocycles. The minimum atomic E-state index is 0.899. The van der Waals surface area contributed by atoms with Crippen LogP contribution in [0.25, 0.3) is 5.65 Å². The van der Waals surface area contributed by atoms with Crippen LogP contribution in [0.2, 0.25) is 0 Å². The number of rotatable bonds is 4. The number of nitrogens with one attached hydrogen (secondary N) is 1. The van der Waals surface area contributed by atoms with Crippen molar-refractivity contribution in [2.24, 2.45) is 5.92 Å². The molecule has 2 aromatic heterocycles. The van der Waals surface area contributed by atoms with Gasteiger partial charge in [-0.2, -0.15) is 0 Å². The van der Waals surface area contributed by atoms with Crippen molar-refractivity contribution in [1.82, 2.24) is 14.7 Å². The predicted molar refractivity (Wildman–Crippen MR) is 73.5 cm³/mol. The Bertz CT molecular complexity index is 497. The van der Waals surface area contributed by atoms with E-state index in [0.717, 1.165) is 18.1 Å². The molecule has 0 radical (unpaired) electrons. The zero-order chi connectivity index (χ0) is 12.2. The fraction of sp³-hybridized carbons (Fsp3) is 0.533. The van der Waals surface area contributed by atoms with Gasteiger partial charge in [-0.05, 0) is 36.9 Å². The van der Waals surface area contributed by atoms with Crippen molar-refractivity contribution in [1.29, 1.82) is 0 Å². The average molecular weight is 243 g/mol. The molecule has 0 atom stereocenters. The molecule has 0 amide bonds. The largest absolute Gasteiger partial charge is 0.312 e. The summed E-state index contributed by atoms with van der Waals surface area (Å²) >= 11 is 0. The van der Waals surface area contributed by atoms with E-state index in [0.29, 0.717) is 0 Å². The smallest absolute Gasteiger partial charge is 0.136 e. The van der Waals surface area contributed by atoms with Gasteiger partial charge in [0.25, 0.3) is 0 Å². The summed E-state index contributed by atoms with van der Waals surface area (Å²) in [5.74, 6) is 0.899. The van der Waals surface area contributed by atoms with Crippen LogP contribution in [0.3, 0.4) is 0 Å². The minimum absolute atomic E-state index is 0.899. The predicted octanol–water partition coefficient (Wildman–Crippen LogP) is 3.00. The number of hydrogen-bond acceptors (Lipinski definition) is 2. The standard InChI is InChI=1S/C15H21N3/c1-2-4-13(5-3-1)10-16-11-14-6-7-15-17-8-9-18(15)12-14/h6-9,12-13,16H,1-5,10-11H2. The lowest BCUT2D eigenvalue weighted by molar-refractivity contribution is 0.342. The zero-order valence-corrected chi connectivity index (χ0v) is 10.8. The van der Waals surface area contributed by atoms with Crippen LogP contribution >= 0.6 is 0 Å². The molecule has 3 nitrogen and oxygen atoms in total. The van der Waals surface area contributed by atoms with E-state index in [4.69, 9.17) is 0 Å². The van der Waals surface area contributed by atoms with Crippen LogP contribution in [0.1, 0.15) is 37.7 Å². The van der Waals surface area contributed by atoms with Crippen LogP contribution in [0.4, 0.5) is 0 Å². The van der Waals surface area contributed by atoms with Crippen molar-refractivity contribution < 1.29 is 0 Å². The molecule has 0 saturated heterocycles. The molecule has 3 heteroatoms. The van der Waals surface area contributed by atoms with E-state index >= 15 is 0 Å². The Kier molecular flexibility index (Phi) is 3.60. The second-order valence-electron chi connectivity index (χ2n) is 5.36. The highest BCUT2D eigenvalue weighted by molar-refractivity contribution is 5.39. The summed E-state index contributed by atoms with van der Waals surface area (Å²) in [5.41, 5.74) is 2.35. The van der Waals surface area contributed by atoms with Gasteiger partial charge in [0.15, 0.2) is 0 Å². The van der Waals surface area contributed by atoms with Gasteiger partial charge in [-0.25, -0.2) is 4.98 Å². The van der Waals surface area contributed by atoms with Gasteiger partial charge >= 0.3 is 0 Å². The molecular weight excluding hydrogens is 222 g/mol. The van der Waals surface area contributed by atoms with Crippen molar-refractivity contribution in [3.63, 3.8) is 0 Å².